The van der Waals surface area contributed by atoms with E-state index in [4.69, 9.17) is 16.3 Å². The Balaban J connectivity index is 1.32. The molecule has 33 heavy (non-hydrogen) atoms. The van der Waals surface area contributed by atoms with Crippen molar-refractivity contribution in [3.05, 3.63) is 47.4 Å². The zero-order valence-electron chi connectivity index (χ0n) is 18.0. The summed E-state index contributed by atoms with van der Waals surface area (Å²) < 4.78 is 33.1. The number of rotatable bonds is 7. The van der Waals surface area contributed by atoms with Crippen molar-refractivity contribution in [2.45, 2.75) is 38.8 Å². The lowest BCUT2D eigenvalue weighted by Crippen LogP contribution is -2.48. The number of nitrogens with one attached hydrogen (secondary N) is 1. The lowest BCUT2D eigenvalue weighted by atomic mass is 9.92. The third kappa shape index (κ3) is 4.85. The van der Waals surface area contributed by atoms with Crippen LogP contribution in [0.25, 0.3) is 0 Å². The number of halogens is 3. The average Bonchev–Trinajstić information content (AvgIpc) is 3.22. The van der Waals surface area contributed by atoms with Crippen molar-refractivity contribution in [1.82, 2.24) is 24.7 Å². The van der Waals surface area contributed by atoms with E-state index >= 15 is 0 Å². The lowest BCUT2D eigenvalue weighted by Gasteiger charge is -2.38. The first kappa shape index (κ1) is 21.8. The van der Waals surface area contributed by atoms with Crippen molar-refractivity contribution in [2.75, 3.05) is 23.3 Å². The van der Waals surface area contributed by atoms with Gasteiger partial charge in [-0.3, -0.25) is 0 Å². The summed E-state index contributed by atoms with van der Waals surface area (Å²) >= 11 is 6.01. The molecule has 174 valence electrons. The van der Waals surface area contributed by atoms with Gasteiger partial charge >= 0.3 is 6.01 Å². The van der Waals surface area contributed by atoms with E-state index in [1.54, 1.807) is 30.6 Å². The Hall–Kier alpha value is -3.01. The zero-order valence-corrected chi connectivity index (χ0v) is 18.8. The highest BCUT2D eigenvalue weighted by Gasteiger charge is 2.43. The fourth-order valence-electron chi connectivity index (χ4n) is 4.76. The van der Waals surface area contributed by atoms with Gasteiger partial charge in [-0.1, -0.05) is 17.7 Å². The molecule has 1 N–H and O–H groups in total. The third-order valence-corrected chi connectivity index (χ3v) is 6.43. The van der Waals surface area contributed by atoms with Gasteiger partial charge < -0.3 is 15.0 Å². The van der Waals surface area contributed by atoms with Crippen molar-refractivity contribution in [3.8, 4) is 11.8 Å². The maximum Gasteiger partial charge on any atom is 0.322 e. The Labute approximate surface area is 195 Å². The van der Waals surface area contributed by atoms with Crippen LogP contribution in [-0.4, -0.2) is 50.3 Å². The summed E-state index contributed by atoms with van der Waals surface area (Å²) in [5.41, 5.74) is 0.939. The summed E-state index contributed by atoms with van der Waals surface area (Å²) in [6.45, 7) is 3.06. The molecule has 2 fully saturated rings. The molecule has 1 aromatic carbocycles. The van der Waals surface area contributed by atoms with Crippen molar-refractivity contribution in [3.63, 3.8) is 0 Å². The smallest absolute Gasteiger partial charge is 0.322 e. The summed E-state index contributed by atoms with van der Waals surface area (Å²) in [7, 11) is 0. The largest absolute Gasteiger partial charge is 0.424 e. The maximum absolute atomic E-state index is 13.1. The number of anilines is 2. The number of benzene rings is 1. The van der Waals surface area contributed by atoms with Crippen molar-refractivity contribution < 1.29 is 13.5 Å². The first-order valence-electron chi connectivity index (χ1n) is 10.9. The molecule has 2 bridgehead atoms. The Morgan fingerprint density at radius 1 is 1.18 bits per heavy atom. The van der Waals surface area contributed by atoms with Crippen LogP contribution >= 0.6 is 11.6 Å². The number of hydrogen-bond acceptors (Lipinski definition) is 7. The van der Waals surface area contributed by atoms with E-state index in [1.807, 2.05) is 13.0 Å². The summed E-state index contributed by atoms with van der Waals surface area (Å²) in [6.07, 6.45) is 1.16. The summed E-state index contributed by atoms with van der Waals surface area (Å²) in [5, 5.41) is 8.15. The molecule has 0 spiro atoms. The van der Waals surface area contributed by atoms with Crippen LogP contribution in [0.2, 0.25) is 5.02 Å². The maximum atomic E-state index is 13.1. The lowest BCUT2D eigenvalue weighted by molar-refractivity contribution is 0.118. The normalized spacial score (nSPS) is 22.1. The van der Waals surface area contributed by atoms with Gasteiger partial charge in [-0.05, 0) is 49.8 Å². The second-order valence-electron chi connectivity index (χ2n) is 8.54. The first-order chi connectivity index (χ1) is 15.9. The number of alkyl halides is 2. The Kier molecular flexibility index (Phi) is 6.01. The predicted molar refractivity (Wildman–Crippen MR) is 120 cm³/mol. The van der Waals surface area contributed by atoms with E-state index in [0.717, 1.165) is 42.1 Å². The molecular formula is C22H24ClF2N7O. The van der Waals surface area contributed by atoms with Gasteiger partial charge in [0.15, 0.2) is 0 Å². The molecule has 5 rings (SSSR count). The molecule has 1 saturated carbocycles. The van der Waals surface area contributed by atoms with E-state index in [2.05, 4.69) is 30.3 Å². The molecule has 3 atom stereocenters. The molecule has 1 unspecified atom stereocenters. The predicted octanol–water partition coefficient (Wildman–Crippen LogP) is 4.41. The number of piperidine rings is 1. The molecule has 11 heteroatoms. The number of nitrogens with zero attached hydrogens (tertiary/aromatic N) is 6. The van der Waals surface area contributed by atoms with Crippen LogP contribution in [0, 0.1) is 18.8 Å². The van der Waals surface area contributed by atoms with Gasteiger partial charge in [0.1, 0.15) is 24.4 Å². The molecule has 0 amide bonds. The highest BCUT2D eigenvalue weighted by atomic mass is 35.5. The van der Waals surface area contributed by atoms with E-state index < -0.39 is 13.0 Å². The highest BCUT2D eigenvalue weighted by molar-refractivity contribution is 6.30. The van der Waals surface area contributed by atoms with Crippen LogP contribution in [0.1, 0.15) is 18.5 Å². The molecule has 2 aliphatic rings. The SMILES string of the molecule is Cc1cc(N2C[C@H]3CC[C@@H](C2)C3Nc2nc(Oc3cccc(Cl)c3)n(CC(F)F)n2)ncn1. The van der Waals surface area contributed by atoms with Gasteiger partial charge in [0.05, 0.1) is 0 Å². The number of hydrogen-bond donors (Lipinski definition) is 1. The molecule has 8 nitrogen and oxygen atoms in total. The Morgan fingerprint density at radius 2 is 1.97 bits per heavy atom. The van der Waals surface area contributed by atoms with Gasteiger partial charge in [-0.25, -0.2) is 23.4 Å². The zero-order chi connectivity index (χ0) is 22.9. The van der Waals surface area contributed by atoms with Crippen LogP contribution < -0.4 is 15.0 Å². The number of ether oxygens (including phenoxy) is 1. The topological polar surface area (TPSA) is 81.0 Å². The molecule has 2 aromatic heterocycles. The second-order valence-corrected chi connectivity index (χ2v) is 8.98. The summed E-state index contributed by atoms with van der Waals surface area (Å²) in [5.74, 6) is 2.39. The standard InChI is InChI=1S/C22H24ClF2N7O/c1-13-7-19(27-12-26-13)31-9-14-5-6-15(10-31)20(14)28-21-29-22(32(30-21)11-18(24)25)33-17-4-2-3-16(23)8-17/h2-4,7-8,12,14-15,18,20H,5-6,9-11H2,1H3,(H,28,30)/t14-,15+,20?. The Morgan fingerprint density at radius 3 is 2.67 bits per heavy atom. The van der Waals surface area contributed by atoms with Crippen LogP contribution in [-0.2, 0) is 6.54 Å². The van der Waals surface area contributed by atoms with Gasteiger partial charge in [0, 0.05) is 35.9 Å². The fraction of sp³-hybridized carbons (Fsp3) is 0.455. The quantitative estimate of drug-likeness (QED) is 0.542. The number of aromatic nitrogens is 5. The van der Waals surface area contributed by atoms with Crippen molar-refractivity contribution >= 4 is 23.4 Å². The molecule has 3 heterocycles. The van der Waals surface area contributed by atoms with Crippen LogP contribution in [0.4, 0.5) is 20.5 Å². The highest BCUT2D eigenvalue weighted by Crippen LogP contribution is 2.40. The molecule has 1 aliphatic carbocycles. The van der Waals surface area contributed by atoms with Crippen molar-refractivity contribution in [1.29, 1.82) is 0 Å². The van der Waals surface area contributed by atoms with Gasteiger partial charge in [0.2, 0.25) is 5.95 Å². The molecule has 1 aliphatic heterocycles. The van der Waals surface area contributed by atoms with Crippen LogP contribution in [0.3, 0.4) is 0 Å². The number of fused-ring (bicyclic) bond motifs is 2. The Bertz CT molecular complexity index is 1110. The monoisotopic (exact) mass is 475 g/mol. The third-order valence-electron chi connectivity index (χ3n) is 6.20. The molecule has 1 saturated heterocycles. The van der Waals surface area contributed by atoms with Gasteiger partial charge in [-0.15, -0.1) is 5.10 Å². The number of aryl methyl sites for hydroxylation is 1. The first-order valence-corrected chi connectivity index (χ1v) is 11.3. The molecule has 0 radical (unpaired) electrons. The van der Waals surface area contributed by atoms with E-state index in [0.29, 0.717) is 28.6 Å². The van der Waals surface area contributed by atoms with Crippen LogP contribution in [0.15, 0.2) is 36.7 Å². The molecule has 3 aromatic rings. The van der Waals surface area contributed by atoms with Crippen LogP contribution in [0.5, 0.6) is 11.8 Å². The van der Waals surface area contributed by atoms with E-state index in [9.17, 15) is 8.78 Å². The molecular weight excluding hydrogens is 452 g/mol. The van der Waals surface area contributed by atoms with Gasteiger partial charge in [0.25, 0.3) is 6.43 Å². The van der Waals surface area contributed by atoms with Gasteiger partial charge in [-0.2, -0.15) is 4.98 Å². The fourth-order valence-corrected chi connectivity index (χ4v) is 4.94. The minimum atomic E-state index is -2.59. The minimum Gasteiger partial charge on any atom is -0.424 e. The summed E-state index contributed by atoms with van der Waals surface area (Å²) in [6, 6.07) is 8.87. The average molecular weight is 476 g/mol. The summed E-state index contributed by atoms with van der Waals surface area (Å²) in [4.78, 5) is 15.3. The van der Waals surface area contributed by atoms with E-state index in [1.165, 1.54) is 0 Å². The van der Waals surface area contributed by atoms with Crippen molar-refractivity contribution in [2.24, 2.45) is 11.8 Å². The second kappa shape index (κ2) is 9.09. The van der Waals surface area contributed by atoms with E-state index in [-0.39, 0.29) is 12.1 Å². The minimum absolute atomic E-state index is 0.00121.